The van der Waals surface area contributed by atoms with E-state index in [2.05, 4.69) is 5.32 Å². The summed E-state index contributed by atoms with van der Waals surface area (Å²) in [6.07, 6.45) is 0.391. The van der Waals surface area contributed by atoms with E-state index in [9.17, 15) is 18.8 Å². The molecule has 0 radical (unpaired) electrons. The number of benzene rings is 1. The SMILES string of the molecule is [2H]c1ccc2c(c1F)CN(C1CCC(=O)NC1=O)C2=O. The third kappa shape index (κ3) is 1.80. The van der Waals surface area contributed by atoms with E-state index in [-0.39, 0.29) is 42.5 Å². The number of halogens is 1. The Hall–Kier alpha value is -2.24. The van der Waals surface area contributed by atoms with Crippen molar-refractivity contribution in [3.8, 4) is 0 Å². The largest absolute Gasteiger partial charge is 0.322 e. The number of carbonyl (C=O) groups is 3. The number of amides is 3. The van der Waals surface area contributed by atoms with E-state index in [1.807, 2.05) is 0 Å². The van der Waals surface area contributed by atoms with Crippen LogP contribution in [0.25, 0.3) is 0 Å². The Morgan fingerprint density at radius 1 is 1.42 bits per heavy atom. The van der Waals surface area contributed by atoms with Crippen LogP contribution in [0.3, 0.4) is 0 Å². The molecule has 3 amide bonds. The second-order valence-electron chi connectivity index (χ2n) is 4.58. The number of hydrogen-bond donors (Lipinski definition) is 1. The second-order valence-corrected chi connectivity index (χ2v) is 4.58. The van der Waals surface area contributed by atoms with Crippen molar-refractivity contribution in [1.29, 1.82) is 0 Å². The fourth-order valence-corrected chi connectivity index (χ4v) is 2.49. The van der Waals surface area contributed by atoms with Crippen LogP contribution in [-0.4, -0.2) is 28.7 Å². The van der Waals surface area contributed by atoms with E-state index in [1.165, 1.54) is 17.0 Å². The van der Waals surface area contributed by atoms with Gasteiger partial charge in [0, 0.05) is 17.5 Å². The zero-order valence-corrected chi connectivity index (χ0v) is 9.90. The molecular formula is C13H11FN2O3. The molecule has 2 aliphatic rings. The van der Waals surface area contributed by atoms with Gasteiger partial charge in [0.1, 0.15) is 11.9 Å². The number of hydrogen-bond acceptors (Lipinski definition) is 3. The van der Waals surface area contributed by atoms with Crippen molar-refractivity contribution in [2.45, 2.75) is 25.4 Å². The zero-order chi connectivity index (χ0) is 14.4. The first-order valence-electron chi connectivity index (χ1n) is 6.41. The maximum atomic E-state index is 13.9. The van der Waals surface area contributed by atoms with Gasteiger partial charge in [0.2, 0.25) is 11.8 Å². The summed E-state index contributed by atoms with van der Waals surface area (Å²) in [6, 6.07) is 1.58. The van der Waals surface area contributed by atoms with Crippen molar-refractivity contribution in [1.82, 2.24) is 10.2 Å². The number of rotatable bonds is 1. The average Bonchev–Trinajstić information content (AvgIpc) is 2.72. The third-order valence-corrected chi connectivity index (χ3v) is 3.46. The van der Waals surface area contributed by atoms with Crippen molar-refractivity contribution in [3.05, 3.63) is 35.1 Å². The maximum absolute atomic E-state index is 13.9. The first kappa shape index (κ1) is 10.7. The first-order chi connectivity index (χ1) is 9.49. The van der Waals surface area contributed by atoms with Crippen LogP contribution in [0.1, 0.15) is 30.1 Å². The summed E-state index contributed by atoms with van der Waals surface area (Å²) < 4.78 is 21.3. The minimum atomic E-state index is -0.763. The molecule has 19 heavy (non-hydrogen) atoms. The molecule has 6 heteroatoms. The molecule has 1 atom stereocenters. The van der Waals surface area contributed by atoms with Gasteiger partial charge < -0.3 is 4.90 Å². The molecule has 1 unspecified atom stereocenters. The van der Waals surface area contributed by atoms with Crippen LogP contribution in [0, 0.1) is 5.82 Å². The van der Waals surface area contributed by atoms with Crippen molar-refractivity contribution in [2.75, 3.05) is 0 Å². The highest BCUT2D eigenvalue weighted by Gasteiger charge is 2.39. The standard InChI is InChI=1S/C13H11FN2O3/c14-9-3-1-2-7-8(9)6-16(13(7)19)10-4-5-11(17)15-12(10)18/h1-3,10H,4-6H2,(H,15,17,18)/i3D. The first-order valence-corrected chi connectivity index (χ1v) is 5.91. The predicted molar refractivity (Wildman–Crippen MR) is 62.4 cm³/mol. The lowest BCUT2D eigenvalue weighted by Crippen LogP contribution is -2.52. The Kier molecular flexibility index (Phi) is 2.33. The molecule has 3 rings (SSSR count). The van der Waals surface area contributed by atoms with Crippen LogP contribution in [0.4, 0.5) is 4.39 Å². The second kappa shape index (κ2) is 4.15. The van der Waals surface area contributed by atoms with Crippen molar-refractivity contribution >= 4 is 17.7 Å². The molecule has 0 saturated carbocycles. The van der Waals surface area contributed by atoms with Crippen LogP contribution in [0.5, 0.6) is 0 Å². The third-order valence-electron chi connectivity index (χ3n) is 3.46. The van der Waals surface area contributed by atoms with E-state index >= 15 is 0 Å². The lowest BCUT2D eigenvalue weighted by Gasteiger charge is -2.29. The molecule has 1 N–H and O–H groups in total. The normalized spacial score (nSPS) is 23.2. The van der Waals surface area contributed by atoms with Crippen LogP contribution in [0.15, 0.2) is 18.2 Å². The highest BCUT2D eigenvalue weighted by molar-refractivity contribution is 6.05. The van der Waals surface area contributed by atoms with Crippen molar-refractivity contribution in [3.63, 3.8) is 0 Å². The molecule has 1 aromatic carbocycles. The van der Waals surface area contributed by atoms with Gasteiger partial charge in [-0.2, -0.15) is 0 Å². The van der Waals surface area contributed by atoms with Gasteiger partial charge >= 0.3 is 0 Å². The van der Waals surface area contributed by atoms with E-state index < -0.39 is 23.7 Å². The number of imide groups is 1. The zero-order valence-electron chi connectivity index (χ0n) is 10.9. The monoisotopic (exact) mass is 263 g/mol. The lowest BCUT2D eigenvalue weighted by molar-refractivity contribution is -0.136. The van der Waals surface area contributed by atoms with Gasteiger partial charge in [-0.3, -0.25) is 19.7 Å². The Morgan fingerprint density at radius 2 is 2.21 bits per heavy atom. The highest BCUT2D eigenvalue weighted by Crippen LogP contribution is 2.28. The molecular weight excluding hydrogens is 251 g/mol. The van der Waals surface area contributed by atoms with E-state index in [0.29, 0.717) is 0 Å². The van der Waals surface area contributed by atoms with Gasteiger partial charge in [-0.1, -0.05) is 6.07 Å². The van der Waals surface area contributed by atoms with Gasteiger partial charge in [-0.05, 0) is 18.5 Å². The molecule has 0 spiro atoms. The maximum Gasteiger partial charge on any atom is 0.255 e. The van der Waals surface area contributed by atoms with Gasteiger partial charge in [0.15, 0.2) is 0 Å². The lowest BCUT2D eigenvalue weighted by atomic mass is 10.0. The highest BCUT2D eigenvalue weighted by atomic mass is 19.1. The molecule has 0 aliphatic carbocycles. The number of carbonyl (C=O) groups excluding carboxylic acids is 3. The summed E-state index contributed by atoms with van der Waals surface area (Å²) >= 11 is 0. The Bertz CT molecular complexity index is 647. The molecule has 2 heterocycles. The molecule has 0 aromatic heterocycles. The molecule has 0 bridgehead atoms. The summed E-state index contributed by atoms with van der Waals surface area (Å²) in [4.78, 5) is 36.4. The average molecular weight is 263 g/mol. The van der Waals surface area contributed by atoms with Crippen LogP contribution in [0.2, 0.25) is 0 Å². The van der Waals surface area contributed by atoms with Gasteiger partial charge in [0.25, 0.3) is 5.91 Å². The van der Waals surface area contributed by atoms with E-state index in [0.717, 1.165) is 0 Å². The topological polar surface area (TPSA) is 66.5 Å². The smallest absolute Gasteiger partial charge is 0.255 e. The molecule has 98 valence electrons. The summed E-state index contributed by atoms with van der Waals surface area (Å²) in [5.74, 6) is -2.07. The van der Waals surface area contributed by atoms with E-state index in [4.69, 9.17) is 1.37 Å². The van der Waals surface area contributed by atoms with Crippen LogP contribution >= 0.6 is 0 Å². The number of piperidine rings is 1. The summed E-state index contributed by atoms with van der Waals surface area (Å²) in [5, 5.41) is 2.18. The minimum absolute atomic E-state index is 0.0427. The summed E-state index contributed by atoms with van der Waals surface area (Å²) in [5.41, 5.74) is 0.329. The summed E-state index contributed by atoms with van der Waals surface area (Å²) in [7, 11) is 0. The van der Waals surface area contributed by atoms with Crippen LogP contribution in [-0.2, 0) is 16.1 Å². The molecule has 2 aliphatic heterocycles. The Balaban J connectivity index is 1.92. The minimum Gasteiger partial charge on any atom is -0.322 e. The van der Waals surface area contributed by atoms with Crippen LogP contribution < -0.4 is 5.32 Å². The van der Waals surface area contributed by atoms with Gasteiger partial charge in [-0.25, -0.2) is 4.39 Å². The number of nitrogens with zero attached hydrogens (tertiary/aromatic N) is 1. The fraction of sp³-hybridized carbons (Fsp3) is 0.308. The van der Waals surface area contributed by atoms with Crippen molar-refractivity contribution < 1.29 is 20.1 Å². The Morgan fingerprint density at radius 3 is 2.95 bits per heavy atom. The van der Waals surface area contributed by atoms with Gasteiger partial charge in [-0.15, -0.1) is 0 Å². The van der Waals surface area contributed by atoms with Gasteiger partial charge in [0.05, 0.1) is 7.92 Å². The quantitative estimate of drug-likeness (QED) is 0.754. The molecule has 1 saturated heterocycles. The predicted octanol–water partition coefficient (Wildman–Crippen LogP) is 0.587. The van der Waals surface area contributed by atoms with Crippen molar-refractivity contribution in [2.24, 2.45) is 0 Å². The molecule has 5 nitrogen and oxygen atoms in total. The Labute approximate surface area is 109 Å². The van der Waals surface area contributed by atoms with E-state index in [1.54, 1.807) is 0 Å². The molecule has 1 aromatic rings. The molecule has 1 fully saturated rings. The fourth-order valence-electron chi connectivity index (χ4n) is 2.49. The number of fused-ring (bicyclic) bond motifs is 1. The number of nitrogens with one attached hydrogen (secondary N) is 1. The summed E-state index contributed by atoms with van der Waals surface area (Å²) in [6.45, 7) is -0.0427.